The lowest BCUT2D eigenvalue weighted by atomic mass is 10.1. The summed E-state index contributed by atoms with van der Waals surface area (Å²) < 4.78 is 3.29. The Kier molecular flexibility index (Phi) is 5.78. The maximum absolute atomic E-state index is 12.5. The van der Waals surface area contributed by atoms with E-state index < -0.39 is 0 Å². The number of halogens is 2. The lowest BCUT2D eigenvalue weighted by Crippen LogP contribution is -2.46. The number of rotatable bonds is 4. The molecular weight excluding hydrogens is 315 g/mol. The molecule has 1 aliphatic rings. The monoisotopic (exact) mass is 330 g/mol. The number of carbonyl (C=O) groups excluding carboxylic acids is 1. The molecule has 108 valence electrons. The Morgan fingerprint density at radius 1 is 1.45 bits per heavy atom. The van der Waals surface area contributed by atoms with E-state index in [0.29, 0.717) is 28.2 Å². The first-order valence-electron chi connectivity index (χ1n) is 6.38. The lowest BCUT2D eigenvalue weighted by molar-refractivity contribution is 0.0704. The second kappa shape index (κ2) is 7.36. The summed E-state index contributed by atoms with van der Waals surface area (Å²) in [6, 6.07) is 5.29. The fourth-order valence-electron chi connectivity index (χ4n) is 2.21. The number of likely N-dealkylation sites (tertiary alicyclic amines) is 1. The van der Waals surface area contributed by atoms with Gasteiger partial charge >= 0.3 is 0 Å². The number of hydrogen-bond acceptors (Lipinski definition) is 3. The average Bonchev–Trinajstić information content (AvgIpc) is 2.47. The number of nitrogens with one attached hydrogen (secondary N) is 1. The minimum absolute atomic E-state index is 0.00123. The van der Waals surface area contributed by atoms with E-state index in [2.05, 4.69) is 11.3 Å². The standard InChI is InChI=1S/C14H16Cl2N2OS/c1-2-20-17-11-4-3-7-18(9-11)14(19)10-5-6-12(15)13(16)8-10/h2,5-6,8,11,17H,1,3-4,7,9H2. The smallest absolute Gasteiger partial charge is 0.253 e. The highest BCUT2D eigenvalue weighted by molar-refractivity contribution is 8.00. The summed E-state index contributed by atoms with van der Waals surface area (Å²) in [5, 5.41) is 2.62. The van der Waals surface area contributed by atoms with Gasteiger partial charge in [0.15, 0.2) is 0 Å². The normalized spacial score (nSPS) is 18.9. The number of hydrogen-bond donors (Lipinski definition) is 1. The molecule has 3 nitrogen and oxygen atoms in total. The molecule has 1 saturated heterocycles. The third kappa shape index (κ3) is 3.92. The van der Waals surface area contributed by atoms with Crippen LogP contribution in [0, 0.1) is 0 Å². The van der Waals surface area contributed by atoms with Crippen LogP contribution in [0.2, 0.25) is 10.0 Å². The lowest BCUT2D eigenvalue weighted by Gasteiger charge is -2.32. The predicted octanol–water partition coefficient (Wildman–Crippen LogP) is 3.98. The molecule has 1 aliphatic heterocycles. The molecule has 1 N–H and O–H groups in total. The topological polar surface area (TPSA) is 32.3 Å². The summed E-state index contributed by atoms with van der Waals surface area (Å²) >= 11 is 13.3. The highest BCUT2D eigenvalue weighted by Gasteiger charge is 2.24. The van der Waals surface area contributed by atoms with E-state index in [-0.39, 0.29) is 5.91 Å². The molecule has 1 amide bonds. The van der Waals surface area contributed by atoms with Gasteiger partial charge < -0.3 is 4.90 Å². The first-order valence-corrected chi connectivity index (χ1v) is 8.02. The van der Waals surface area contributed by atoms with Crippen LogP contribution in [0.4, 0.5) is 0 Å². The molecule has 0 aliphatic carbocycles. The molecule has 1 fully saturated rings. The fourth-order valence-corrected chi connectivity index (χ4v) is 2.99. The minimum Gasteiger partial charge on any atom is -0.337 e. The molecule has 0 aromatic heterocycles. The van der Waals surface area contributed by atoms with E-state index >= 15 is 0 Å². The second-order valence-corrected chi connectivity index (χ2v) is 6.24. The summed E-state index contributed by atoms with van der Waals surface area (Å²) in [6.07, 6.45) is 2.05. The van der Waals surface area contributed by atoms with Crippen molar-refractivity contribution < 1.29 is 4.79 Å². The molecule has 0 saturated carbocycles. The Labute approximate surface area is 133 Å². The van der Waals surface area contributed by atoms with Gasteiger partial charge in [0, 0.05) is 24.7 Å². The van der Waals surface area contributed by atoms with Gasteiger partial charge in [-0.05, 0) is 36.4 Å². The van der Waals surface area contributed by atoms with Crippen LogP contribution >= 0.6 is 35.1 Å². The van der Waals surface area contributed by atoms with Gasteiger partial charge in [-0.2, -0.15) is 0 Å². The molecule has 1 aromatic carbocycles. The van der Waals surface area contributed by atoms with Gasteiger partial charge in [-0.25, -0.2) is 0 Å². The summed E-state index contributed by atoms with van der Waals surface area (Å²) in [5.41, 5.74) is 0.580. The molecule has 20 heavy (non-hydrogen) atoms. The third-order valence-corrected chi connectivity index (χ3v) is 4.57. The molecule has 6 heteroatoms. The van der Waals surface area contributed by atoms with Gasteiger partial charge in [0.05, 0.1) is 10.0 Å². The molecular formula is C14H16Cl2N2OS. The number of nitrogens with zero attached hydrogens (tertiary/aromatic N) is 1. The zero-order valence-corrected chi connectivity index (χ0v) is 13.3. The quantitative estimate of drug-likeness (QED) is 0.847. The molecule has 0 spiro atoms. The number of piperidine rings is 1. The Morgan fingerprint density at radius 3 is 2.95 bits per heavy atom. The van der Waals surface area contributed by atoms with Gasteiger partial charge in [-0.1, -0.05) is 41.7 Å². The Morgan fingerprint density at radius 2 is 2.25 bits per heavy atom. The number of carbonyl (C=O) groups is 1. The maximum Gasteiger partial charge on any atom is 0.253 e. The Hall–Kier alpha value is -0.680. The third-order valence-electron chi connectivity index (χ3n) is 3.19. The van der Waals surface area contributed by atoms with E-state index in [4.69, 9.17) is 23.2 Å². The summed E-state index contributed by atoms with van der Waals surface area (Å²) in [6.45, 7) is 5.13. The minimum atomic E-state index is -0.00123. The highest BCUT2D eigenvalue weighted by Crippen LogP contribution is 2.24. The molecule has 1 atom stereocenters. The van der Waals surface area contributed by atoms with Gasteiger partial charge in [-0.3, -0.25) is 9.52 Å². The van der Waals surface area contributed by atoms with E-state index in [9.17, 15) is 4.79 Å². The summed E-state index contributed by atoms with van der Waals surface area (Å²) in [4.78, 5) is 14.3. The van der Waals surface area contributed by atoms with Crippen LogP contribution in [0.1, 0.15) is 23.2 Å². The van der Waals surface area contributed by atoms with E-state index in [1.807, 2.05) is 4.90 Å². The molecule has 2 rings (SSSR count). The zero-order valence-electron chi connectivity index (χ0n) is 10.9. The molecule has 1 unspecified atom stereocenters. The van der Waals surface area contributed by atoms with Gasteiger partial charge in [0.1, 0.15) is 0 Å². The number of amides is 1. The SMILES string of the molecule is C=CSNC1CCCN(C(=O)c2ccc(Cl)c(Cl)c2)C1. The molecule has 0 bridgehead atoms. The number of benzene rings is 1. The highest BCUT2D eigenvalue weighted by atomic mass is 35.5. The van der Waals surface area contributed by atoms with Crippen LogP contribution < -0.4 is 4.72 Å². The van der Waals surface area contributed by atoms with Crippen molar-refractivity contribution >= 4 is 41.1 Å². The summed E-state index contributed by atoms with van der Waals surface area (Å²) in [5.74, 6) is -0.00123. The predicted molar refractivity (Wildman–Crippen MR) is 86.3 cm³/mol. The van der Waals surface area contributed by atoms with Crippen LogP contribution in [0.25, 0.3) is 0 Å². The largest absolute Gasteiger partial charge is 0.337 e. The molecule has 1 heterocycles. The molecule has 1 aromatic rings. The second-order valence-electron chi connectivity index (χ2n) is 4.62. The van der Waals surface area contributed by atoms with Crippen LogP contribution in [0.15, 0.2) is 30.2 Å². The first kappa shape index (κ1) is 15.7. The van der Waals surface area contributed by atoms with Gasteiger partial charge in [-0.15, -0.1) is 0 Å². The van der Waals surface area contributed by atoms with Crippen molar-refractivity contribution in [2.45, 2.75) is 18.9 Å². The van der Waals surface area contributed by atoms with Crippen molar-refractivity contribution in [2.24, 2.45) is 0 Å². The van der Waals surface area contributed by atoms with Crippen molar-refractivity contribution in [1.29, 1.82) is 0 Å². The van der Waals surface area contributed by atoms with Gasteiger partial charge in [0.2, 0.25) is 0 Å². The van der Waals surface area contributed by atoms with Crippen LogP contribution in [-0.2, 0) is 0 Å². The fraction of sp³-hybridized carbons (Fsp3) is 0.357. The van der Waals surface area contributed by atoms with Crippen molar-refractivity contribution in [2.75, 3.05) is 13.1 Å². The summed E-state index contributed by atoms with van der Waals surface area (Å²) in [7, 11) is 0. The molecule has 0 radical (unpaired) electrons. The van der Waals surface area contributed by atoms with E-state index in [1.165, 1.54) is 11.9 Å². The first-order chi connectivity index (χ1) is 9.61. The van der Waals surface area contributed by atoms with E-state index in [0.717, 1.165) is 19.4 Å². The average molecular weight is 331 g/mol. The van der Waals surface area contributed by atoms with Crippen molar-refractivity contribution in [3.63, 3.8) is 0 Å². The van der Waals surface area contributed by atoms with Crippen LogP contribution in [-0.4, -0.2) is 29.9 Å². The van der Waals surface area contributed by atoms with Crippen molar-refractivity contribution in [3.8, 4) is 0 Å². The van der Waals surface area contributed by atoms with Gasteiger partial charge in [0.25, 0.3) is 5.91 Å². The van der Waals surface area contributed by atoms with E-state index in [1.54, 1.807) is 23.6 Å². The van der Waals surface area contributed by atoms with Crippen LogP contribution in [0.3, 0.4) is 0 Å². The maximum atomic E-state index is 12.5. The van der Waals surface area contributed by atoms with Crippen LogP contribution in [0.5, 0.6) is 0 Å². The Bertz CT molecular complexity index is 510. The Balaban J connectivity index is 2.04. The zero-order chi connectivity index (χ0) is 14.5. The van der Waals surface area contributed by atoms with Crippen molar-refractivity contribution in [1.82, 2.24) is 9.62 Å². The van der Waals surface area contributed by atoms with Crippen molar-refractivity contribution in [3.05, 3.63) is 45.8 Å².